The number of rotatable bonds is 2. The van der Waals surface area contributed by atoms with Crippen molar-refractivity contribution in [2.24, 2.45) is 0 Å². The number of aryl methyl sites for hydroxylation is 1. The lowest BCUT2D eigenvalue weighted by atomic mass is 10.1. The van der Waals surface area contributed by atoms with Gasteiger partial charge in [0.2, 0.25) is 5.91 Å². The summed E-state index contributed by atoms with van der Waals surface area (Å²) in [5.74, 6) is -0.317. The van der Waals surface area contributed by atoms with Crippen LogP contribution < -0.4 is 5.32 Å². The van der Waals surface area contributed by atoms with Crippen molar-refractivity contribution in [1.29, 1.82) is 0 Å². The SMILES string of the molecule is Cc1ccc(C(F)(F)F)cc1NC(=O)CI. The maximum Gasteiger partial charge on any atom is 0.416 e. The van der Waals surface area contributed by atoms with Gasteiger partial charge in [0, 0.05) is 5.69 Å². The van der Waals surface area contributed by atoms with Crippen LogP contribution in [0.3, 0.4) is 0 Å². The Morgan fingerprint density at radius 3 is 2.56 bits per heavy atom. The zero-order valence-corrected chi connectivity index (χ0v) is 10.5. The minimum Gasteiger partial charge on any atom is -0.325 e. The van der Waals surface area contributed by atoms with Gasteiger partial charge in [-0.25, -0.2) is 0 Å². The largest absolute Gasteiger partial charge is 0.416 e. The molecule has 2 nitrogen and oxygen atoms in total. The molecule has 0 atom stereocenters. The molecule has 1 aromatic carbocycles. The minimum atomic E-state index is -4.39. The Balaban J connectivity index is 3.04. The van der Waals surface area contributed by atoms with Gasteiger partial charge in [-0.15, -0.1) is 0 Å². The van der Waals surface area contributed by atoms with Crippen molar-refractivity contribution in [1.82, 2.24) is 0 Å². The molecule has 0 aliphatic carbocycles. The van der Waals surface area contributed by atoms with Gasteiger partial charge in [0.25, 0.3) is 0 Å². The molecule has 0 saturated heterocycles. The van der Waals surface area contributed by atoms with Crippen molar-refractivity contribution >= 4 is 34.2 Å². The number of amides is 1. The topological polar surface area (TPSA) is 29.1 Å². The highest BCUT2D eigenvalue weighted by Crippen LogP contribution is 2.31. The van der Waals surface area contributed by atoms with Crippen molar-refractivity contribution in [3.05, 3.63) is 29.3 Å². The molecule has 1 aromatic rings. The standard InChI is InChI=1S/C10H9F3INO/c1-6-2-3-7(10(11,12)13)4-8(6)15-9(16)5-14/h2-4H,5H2,1H3,(H,15,16). The monoisotopic (exact) mass is 343 g/mol. The molecule has 1 N–H and O–H groups in total. The lowest BCUT2D eigenvalue weighted by molar-refractivity contribution is -0.137. The van der Waals surface area contributed by atoms with E-state index in [2.05, 4.69) is 5.32 Å². The molecule has 0 unspecified atom stereocenters. The van der Waals surface area contributed by atoms with E-state index in [-0.39, 0.29) is 16.0 Å². The van der Waals surface area contributed by atoms with Crippen LogP contribution in [-0.4, -0.2) is 10.3 Å². The van der Waals surface area contributed by atoms with Crippen LogP contribution in [0.4, 0.5) is 18.9 Å². The summed E-state index contributed by atoms with van der Waals surface area (Å²) in [5.41, 5.74) is 0.0459. The van der Waals surface area contributed by atoms with Gasteiger partial charge in [0.05, 0.1) is 9.99 Å². The fraction of sp³-hybridized carbons (Fsp3) is 0.300. The van der Waals surface area contributed by atoms with Crippen molar-refractivity contribution in [3.8, 4) is 0 Å². The second kappa shape index (κ2) is 5.03. The average molecular weight is 343 g/mol. The van der Waals surface area contributed by atoms with E-state index in [1.807, 2.05) is 22.6 Å². The number of halogens is 4. The maximum absolute atomic E-state index is 12.4. The maximum atomic E-state index is 12.4. The molecule has 0 aromatic heterocycles. The van der Waals surface area contributed by atoms with Gasteiger partial charge in [0.15, 0.2) is 0 Å². The van der Waals surface area contributed by atoms with E-state index in [1.54, 1.807) is 6.92 Å². The zero-order valence-electron chi connectivity index (χ0n) is 8.36. The third kappa shape index (κ3) is 3.36. The summed E-state index contributed by atoms with van der Waals surface area (Å²) in [6.45, 7) is 1.64. The number of hydrogen-bond donors (Lipinski definition) is 1. The molecular formula is C10H9F3INO. The number of alkyl halides is 4. The molecule has 0 aliphatic rings. The molecule has 16 heavy (non-hydrogen) atoms. The molecule has 0 saturated carbocycles. The quantitative estimate of drug-likeness (QED) is 0.647. The molecule has 1 rings (SSSR count). The number of hydrogen-bond acceptors (Lipinski definition) is 1. The second-order valence-electron chi connectivity index (χ2n) is 3.21. The van der Waals surface area contributed by atoms with E-state index in [0.29, 0.717) is 5.56 Å². The summed E-state index contributed by atoms with van der Waals surface area (Å²) in [6.07, 6.45) is -4.39. The van der Waals surface area contributed by atoms with Gasteiger partial charge in [0.1, 0.15) is 0 Å². The molecule has 0 fully saturated rings. The molecule has 0 radical (unpaired) electrons. The molecule has 0 spiro atoms. The molecule has 0 aliphatic heterocycles. The highest BCUT2D eigenvalue weighted by atomic mass is 127. The molecule has 88 valence electrons. The first-order chi connectivity index (χ1) is 7.34. The molecular weight excluding hydrogens is 334 g/mol. The van der Waals surface area contributed by atoms with Crippen LogP contribution >= 0.6 is 22.6 Å². The average Bonchev–Trinajstić information content (AvgIpc) is 2.19. The van der Waals surface area contributed by atoms with Crippen molar-refractivity contribution in [2.75, 3.05) is 9.74 Å². The van der Waals surface area contributed by atoms with Crippen LogP contribution in [0.1, 0.15) is 11.1 Å². The first-order valence-corrected chi connectivity index (χ1v) is 5.91. The first-order valence-electron chi connectivity index (χ1n) is 4.38. The van der Waals surface area contributed by atoms with E-state index in [9.17, 15) is 18.0 Å². The molecule has 0 bridgehead atoms. The Hall–Kier alpha value is -0.790. The Morgan fingerprint density at radius 1 is 1.44 bits per heavy atom. The Morgan fingerprint density at radius 2 is 2.06 bits per heavy atom. The number of carbonyl (C=O) groups is 1. The van der Waals surface area contributed by atoms with Crippen LogP contribution in [0.2, 0.25) is 0 Å². The van der Waals surface area contributed by atoms with E-state index < -0.39 is 11.7 Å². The summed E-state index contributed by atoms with van der Waals surface area (Å²) >= 11 is 1.84. The van der Waals surface area contributed by atoms with Crippen molar-refractivity contribution in [2.45, 2.75) is 13.1 Å². The number of carbonyl (C=O) groups excluding carboxylic acids is 1. The number of anilines is 1. The van der Waals surface area contributed by atoms with E-state index >= 15 is 0 Å². The van der Waals surface area contributed by atoms with E-state index in [4.69, 9.17) is 0 Å². The third-order valence-corrected chi connectivity index (χ3v) is 2.65. The summed E-state index contributed by atoms with van der Waals surface area (Å²) < 4.78 is 37.4. The minimum absolute atomic E-state index is 0.202. The van der Waals surface area contributed by atoms with Gasteiger partial charge < -0.3 is 5.32 Å². The fourth-order valence-corrected chi connectivity index (χ4v) is 1.31. The third-order valence-electron chi connectivity index (χ3n) is 1.96. The second-order valence-corrected chi connectivity index (χ2v) is 3.97. The van der Waals surface area contributed by atoms with Gasteiger partial charge in [-0.3, -0.25) is 4.79 Å². The van der Waals surface area contributed by atoms with Gasteiger partial charge in [-0.1, -0.05) is 28.7 Å². The predicted molar refractivity (Wildman–Crippen MR) is 63.7 cm³/mol. The lowest BCUT2D eigenvalue weighted by Crippen LogP contribution is -2.14. The smallest absolute Gasteiger partial charge is 0.325 e. The van der Waals surface area contributed by atoms with Gasteiger partial charge >= 0.3 is 6.18 Å². The summed E-state index contributed by atoms with van der Waals surface area (Å²) in [7, 11) is 0. The molecule has 0 heterocycles. The number of benzene rings is 1. The van der Waals surface area contributed by atoms with Crippen molar-refractivity contribution in [3.63, 3.8) is 0 Å². The van der Waals surface area contributed by atoms with Gasteiger partial charge in [-0.05, 0) is 24.6 Å². The predicted octanol–water partition coefficient (Wildman–Crippen LogP) is 3.39. The summed E-state index contributed by atoms with van der Waals surface area (Å²) in [4.78, 5) is 11.1. The first kappa shape index (κ1) is 13.3. The van der Waals surface area contributed by atoms with Gasteiger partial charge in [-0.2, -0.15) is 13.2 Å². The lowest BCUT2D eigenvalue weighted by Gasteiger charge is -2.11. The summed E-state index contributed by atoms with van der Waals surface area (Å²) in [6, 6.07) is 3.28. The zero-order chi connectivity index (χ0) is 12.3. The highest BCUT2D eigenvalue weighted by molar-refractivity contribution is 14.1. The Labute approximate surface area is 104 Å². The number of nitrogens with one attached hydrogen (secondary N) is 1. The summed E-state index contributed by atoms with van der Waals surface area (Å²) in [5, 5.41) is 2.43. The van der Waals surface area contributed by atoms with Crippen LogP contribution in [0, 0.1) is 6.92 Å². The van der Waals surface area contributed by atoms with Crippen LogP contribution in [0.25, 0.3) is 0 Å². The van der Waals surface area contributed by atoms with E-state index in [0.717, 1.165) is 12.1 Å². The van der Waals surface area contributed by atoms with Crippen LogP contribution in [-0.2, 0) is 11.0 Å². The fourth-order valence-electron chi connectivity index (χ4n) is 1.12. The molecule has 1 amide bonds. The van der Waals surface area contributed by atoms with Crippen molar-refractivity contribution < 1.29 is 18.0 Å². The van der Waals surface area contributed by atoms with E-state index in [1.165, 1.54) is 6.07 Å². The Kier molecular flexibility index (Phi) is 4.17. The highest BCUT2D eigenvalue weighted by Gasteiger charge is 2.30. The molecule has 6 heteroatoms. The Bertz CT molecular complexity index is 404. The normalized spacial score (nSPS) is 11.3. The van der Waals surface area contributed by atoms with Crippen LogP contribution in [0.15, 0.2) is 18.2 Å². The van der Waals surface area contributed by atoms with Crippen LogP contribution in [0.5, 0.6) is 0 Å².